The highest BCUT2D eigenvalue weighted by atomic mass is 16.5. The quantitative estimate of drug-likeness (QED) is 0.905. The molecule has 1 fully saturated rings. The number of aromatic amines is 1. The molecule has 1 aliphatic heterocycles. The van der Waals surface area contributed by atoms with Crippen LogP contribution in [0.15, 0.2) is 24.3 Å². The van der Waals surface area contributed by atoms with E-state index in [1.165, 1.54) is 0 Å². The Balaban J connectivity index is 1.86. The van der Waals surface area contributed by atoms with E-state index in [4.69, 9.17) is 9.84 Å². The van der Waals surface area contributed by atoms with Crippen molar-refractivity contribution in [3.63, 3.8) is 0 Å². The number of benzene rings is 1. The van der Waals surface area contributed by atoms with Crippen LogP contribution in [0.4, 0.5) is 0 Å². The van der Waals surface area contributed by atoms with Gasteiger partial charge in [-0.15, -0.1) is 0 Å². The monoisotopic (exact) mass is 302 g/mol. The van der Waals surface area contributed by atoms with Crippen molar-refractivity contribution in [3.8, 4) is 0 Å². The molecule has 1 aromatic heterocycles. The van der Waals surface area contributed by atoms with Crippen molar-refractivity contribution >= 4 is 22.8 Å². The van der Waals surface area contributed by atoms with Gasteiger partial charge in [-0.05, 0) is 13.0 Å². The predicted octanol–water partition coefficient (Wildman–Crippen LogP) is 1.79. The molecule has 6 heteroatoms. The molecule has 1 amide bonds. The van der Waals surface area contributed by atoms with Crippen LogP contribution in [0.1, 0.15) is 22.5 Å². The van der Waals surface area contributed by atoms with Crippen molar-refractivity contribution in [1.82, 2.24) is 9.88 Å². The van der Waals surface area contributed by atoms with E-state index >= 15 is 0 Å². The fourth-order valence-corrected chi connectivity index (χ4v) is 2.93. The first-order chi connectivity index (χ1) is 10.6. The van der Waals surface area contributed by atoms with Gasteiger partial charge in [-0.2, -0.15) is 0 Å². The number of carboxylic acids is 1. The Bertz CT molecular complexity index is 722. The van der Waals surface area contributed by atoms with Crippen LogP contribution in [0.3, 0.4) is 0 Å². The number of nitrogens with zero attached hydrogens (tertiary/aromatic N) is 1. The Labute approximate surface area is 127 Å². The van der Waals surface area contributed by atoms with E-state index in [0.29, 0.717) is 25.3 Å². The van der Waals surface area contributed by atoms with Gasteiger partial charge in [-0.3, -0.25) is 9.59 Å². The molecule has 0 radical (unpaired) electrons. The number of hydrogen-bond donors (Lipinski definition) is 2. The second-order valence-corrected chi connectivity index (χ2v) is 5.51. The summed E-state index contributed by atoms with van der Waals surface area (Å²) in [5.41, 5.74) is 2.41. The maximum atomic E-state index is 12.8. The first-order valence-corrected chi connectivity index (χ1v) is 7.26. The fraction of sp³-hybridized carbons (Fsp3) is 0.375. The molecule has 116 valence electrons. The third-order valence-electron chi connectivity index (χ3n) is 3.94. The third kappa shape index (κ3) is 2.69. The summed E-state index contributed by atoms with van der Waals surface area (Å²) in [6.07, 6.45) is -0.530. The molecule has 2 aromatic rings. The third-order valence-corrected chi connectivity index (χ3v) is 3.94. The van der Waals surface area contributed by atoms with E-state index in [0.717, 1.165) is 16.6 Å². The number of aliphatic carboxylic acids is 1. The average Bonchev–Trinajstić information content (AvgIpc) is 2.82. The molecule has 0 aliphatic carbocycles. The number of para-hydroxylation sites is 1. The van der Waals surface area contributed by atoms with E-state index in [1.807, 2.05) is 31.2 Å². The van der Waals surface area contributed by atoms with E-state index in [2.05, 4.69) is 4.98 Å². The van der Waals surface area contributed by atoms with Gasteiger partial charge in [-0.1, -0.05) is 18.2 Å². The van der Waals surface area contributed by atoms with Gasteiger partial charge in [0.15, 0.2) is 0 Å². The van der Waals surface area contributed by atoms with Gasteiger partial charge in [0.2, 0.25) is 0 Å². The molecule has 1 aliphatic rings. The Morgan fingerprint density at radius 2 is 2.18 bits per heavy atom. The molecule has 1 unspecified atom stereocenters. The van der Waals surface area contributed by atoms with E-state index < -0.39 is 12.1 Å². The minimum Gasteiger partial charge on any atom is -0.481 e. The molecule has 2 heterocycles. The normalized spacial score (nSPS) is 18.6. The zero-order valence-corrected chi connectivity index (χ0v) is 12.3. The van der Waals surface area contributed by atoms with Gasteiger partial charge in [-0.25, -0.2) is 0 Å². The van der Waals surface area contributed by atoms with Crippen LogP contribution >= 0.6 is 0 Å². The topological polar surface area (TPSA) is 82.6 Å². The van der Waals surface area contributed by atoms with Crippen molar-refractivity contribution in [3.05, 3.63) is 35.5 Å². The van der Waals surface area contributed by atoms with Crippen LogP contribution in [0.2, 0.25) is 0 Å². The van der Waals surface area contributed by atoms with Gasteiger partial charge in [0.05, 0.1) is 24.7 Å². The Morgan fingerprint density at radius 1 is 1.41 bits per heavy atom. The summed E-state index contributed by atoms with van der Waals surface area (Å²) < 4.78 is 5.42. The number of H-pyrrole nitrogens is 1. The highest BCUT2D eigenvalue weighted by Crippen LogP contribution is 2.24. The number of carbonyl (C=O) groups excluding carboxylic acids is 1. The maximum Gasteiger partial charge on any atom is 0.306 e. The molecule has 0 spiro atoms. The summed E-state index contributed by atoms with van der Waals surface area (Å²) in [4.78, 5) is 28.5. The van der Waals surface area contributed by atoms with Crippen molar-refractivity contribution in [2.75, 3.05) is 19.7 Å². The van der Waals surface area contributed by atoms with Crippen molar-refractivity contribution < 1.29 is 19.4 Å². The summed E-state index contributed by atoms with van der Waals surface area (Å²) in [5, 5.41) is 9.77. The van der Waals surface area contributed by atoms with Gasteiger partial charge >= 0.3 is 5.97 Å². The second-order valence-electron chi connectivity index (χ2n) is 5.51. The first-order valence-electron chi connectivity index (χ1n) is 7.26. The Morgan fingerprint density at radius 3 is 2.95 bits per heavy atom. The zero-order chi connectivity index (χ0) is 15.7. The van der Waals surface area contributed by atoms with Crippen LogP contribution in [-0.4, -0.2) is 52.7 Å². The van der Waals surface area contributed by atoms with Gasteiger partial charge < -0.3 is 19.7 Å². The predicted molar refractivity (Wildman–Crippen MR) is 80.9 cm³/mol. The molecule has 3 rings (SSSR count). The van der Waals surface area contributed by atoms with Crippen molar-refractivity contribution in [2.24, 2.45) is 0 Å². The summed E-state index contributed by atoms with van der Waals surface area (Å²) in [6, 6.07) is 7.68. The number of nitrogens with one attached hydrogen (secondary N) is 1. The Kier molecular flexibility index (Phi) is 3.85. The summed E-state index contributed by atoms with van der Waals surface area (Å²) in [7, 11) is 0. The summed E-state index contributed by atoms with van der Waals surface area (Å²) >= 11 is 0. The summed E-state index contributed by atoms with van der Waals surface area (Å²) in [5.74, 6) is -0.990. The largest absolute Gasteiger partial charge is 0.481 e. The number of amides is 1. The smallest absolute Gasteiger partial charge is 0.306 e. The molecule has 0 saturated carbocycles. The number of ether oxygens (including phenoxy) is 1. The van der Waals surface area contributed by atoms with Crippen LogP contribution in [0.25, 0.3) is 10.9 Å². The number of fused-ring (bicyclic) bond motifs is 1. The number of rotatable bonds is 3. The number of carbonyl (C=O) groups is 2. The van der Waals surface area contributed by atoms with Crippen LogP contribution in [0, 0.1) is 6.92 Å². The number of morpholine rings is 1. The second kappa shape index (κ2) is 5.81. The minimum absolute atomic E-state index is 0.0753. The highest BCUT2D eigenvalue weighted by Gasteiger charge is 2.28. The van der Waals surface area contributed by atoms with Crippen molar-refractivity contribution in [2.45, 2.75) is 19.4 Å². The van der Waals surface area contributed by atoms with Gasteiger partial charge in [0, 0.05) is 29.7 Å². The lowest BCUT2D eigenvalue weighted by Crippen LogP contribution is -2.46. The first kappa shape index (κ1) is 14.6. The number of aromatic nitrogens is 1. The average molecular weight is 302 g/mol. The fourth-order valence-electron chi connectivity index (χ4n) is 2.93. The summed E-state index contributed by atoms with van der Waals surface area (Å²) in [6.45, 7) is 3.03. The standard InChI is InChI=1S/C16H18N2O4/c1-10-15(12-4-2-3-5-13(12)17-10)16(21)18-6-7-22-11(9-18)8-14(19)20/h2-5,11,17H,6-9H2,1H3,(H,19,20). The molecular formula is C16H18N2O4. The SMILES string of the molecule is Cc1[nH]c2ccccc2c1C(=O)N1CCOC(CC(=O)O)C1. The number of aryl methyl sites for hydroxylation is 1. The van der Waals surface area contributed by atoms with E-state index in [9.17, 15) is 9.59 Å². The molecule has 1 aromatic carbocycles. The molecule has 6 nitrogen and oxygen atoms in total. The maximum absolute atomic E-state index is 12.8. The van der Waals surface area contributed by atoms with E-state index in [1.54, 1.807) is 4.90 Å². The number of carboxylic acid groups (broad SMARTS) is 1. The lowest BCUT2D eigenvalue weighted by Gasteiger charge is -2.32. The lowest BCUT2D eigenvalue weighted by molar-refractivity contribution is -0.141. The minimum atomic E-state index is -0.914. The van der Waals surface area contributed by atoms with E-state index in [-0.39, 0.29) is 12.3 Å². The molecule has 1 saturated heterocycles. The van der Waals surface area contributed by atoms with Crippen LogP contribution in [0.5, 0.6) is 0 Å². The molecule has 22 heavy (non-hydrogen) atoms. The molecule has 1 atom stereocenters. The van der Waals surface area contributed by atoms with Gasteiger partial charge in [0.25, 0.3) is 5.91 Å². The van der Waals surface area contributed by atoms with Crippen molar-refractivity contribution in [1.29, 1.82) is 0 Å². The molecule has 0 bridgehead atoms. The lowest BCUT2D eigenvalue weighted by atomic mass is 10.1. The molecular weight excluding hydrogens is 284 g/mol. The molecule has 2 N–H and O–H groups in total. The highest BCUT2D eigenvalue weighted by molar-refractivity contribution is 6.08. The van der Waals surface area contributed by atoms with Gasteiger partial charge in [0.1, 0.15) is 0 Å². The number of hydrogen-bond acceptors (Lipinski definition) is 3. The van der Waals surface area contributed by atoms with Crippen LogP contribution in [-0.2, 0) is 9.53 Å². The Hall–Kier alpha value is -2.34. The zero-order valence-electron chi connectivity index (χ0n) is 12.3. The van der Waals surface area contributed by atoms with Crippen LogP contribution < -0.4 is 0 Å².